The molecule has 1 aliphatic rings. The van der Waals surface area contributed by atoms with E-state index in [1.54, 1.807) is 16.8 Å². The van der Waals surface area contributed by atoms with E-state index in [2.05, 4.69) is 6.92 Å². The van der Waals surface area contributed by atoms with Crippen LogP contribution in [0, 0.1) is 5.92 Å². The van der Waals surface area contributed by atoms with Gasteiger partial charge in [0.25, 0.3) is 0 Å². The first kappa shape index (κ1) is 26.9. The molecule has 1 N–H and O–H groups in total. The quantitative estimate of drug-likeness (QED) is 0.256. The number of nitrogens with zero attached hydrogens (tertiary/aromatic N) is 3. The van der Waals surface area contributed by atoms with Crippen molar-refractivity contribution in [1.82, 2.24) is 14.3 Å². The summed E-state index contributed by atoms with van der Waals surface area (Å²) in [7, 11) is 0. The Morgan fingerprint density at radius 3 is 2.38 bits per heavy atom. The fourth-order valence-electron chi connectivity index (χ4n) is 5.52. The first-order chi connectivity index (χ1) is 18.1. The first-order valence-corrected chi connectivity index (χ1v) is 14.1. The van der Waals surface area contributed by atoms with Gasteiger partial charge in [-0.25, -0.2) is 14.3 Å². The monoisotopic (exact) mass is 503 g/mol. The van der Waals surface area contributed by atoms with Crippen molar-refractivity contribution in [3.8, 4) is 11.1 Å². The lowest BCUT2D eigenvalue weighted by molar-refractivity contribution is 0.0697. The average molecular weight is 504 g/mol. The largest absolute Gasteiger partial charge is 0.478 e. The average Bonchev–Trinajstić information content (AvgIpc) is 3.20. The van der Waals surface area contributed by atoms with E-state index in [9.17, 15) is 14.7 Å². The number of hydrogen-bond donors (Lipinski definition) is 1. The van der Waals surface area contributed by atoms with Gasteiger partial charge in [0.2, 0.25) is 0 Å². The molecule has 0 atom stereocenters. The van der Waals surface area contributed by atoms with E-state index in [0.717, 1.165) is 36.3 Å². The molecule has 198 valence electrons. The highest BCUT2D eigenvalue weighted by Gasteiger charge is 2.19. The Kier molecular flexibility index (Phi) is 9.75. The van der Waals surface area contributed by atoms with Crippen LogP contribution in [-0.4, -0.2) is 25.4 Å². The van der Waals surface area contributed by atoms with E-state index in [1.165, 1.54) is 64.2 Å². The summed E-state index contributed by atoms with van der Waals surface area (Å²) in [6.07, 6.45) is 14.3. The van der Waals surface area contributed by atoms with E-state index >= 15 is 0 Å². The molecule has 1 fully saturated rings. The molecule has 4 rings (SSSR count). The van der Waals surface area contributed by atoms with E-state index < -0.39 is 5.97 Å². The number of carbonyl (C=O) groups is 1. The Morgan fingerprint density at radius 2 is 1.65 bits per heavy atom. The standard InChI is InChI=1S/C31H41N3O3/c1-2-3-4-5-6-10-17-29-32-34(23-24-13-8-7-9-14-24)31(37)33(29)22-25-18-20-26(21-19-25)27-15-11-12-16-28(27)30(35)36/h11-12,15-16,18-21,24H,2-10,13-14,17,22-23H2,1H3,(H,35,36). The number of unbranched alkanes of at least 4 members (excludes halogenated alkanes) is 5. The summed E-state index contributed by atoms with van der Waals surface area (Å²) in [6, 6.07) is 14.9. The maximum atomic E-state index is 13.4. The number of aryl methyl sites for hydroxylation is 1. The highest BCUT2D eigenvalue weighted by atomic mass is 16.4. The van der Waals surface area contributed by atoms with E-state index in [4.69, 9.17) is 5.10 Å². The van der Waals surface area contributed by atoms with Crippen LogP contribution in [0.1, 0.15) is 99.3 Å². The molecule has 0 radical (unpaired) electrons. The second-order valence-corrected chi connectivity index (χ2v) is 10.5. The van der Waals surface area contributed by atoms with E-state index in [0.29, 0.717) is 18.0 Å². The molecule has 1 saturated carbocycles. The molecule has 0 bridgehead atoms. The maximum absolute atomic E-state index is 13.4. The number of carboxylic acid groups (broad SMARTS) is 1. The number of benzene rings is 2. The zero-order valence-electron chi connectivity index (χ0n) is 22.2. The summed E-state index contributed by atoms with van der Waals surface area (Å²) in [5.74, 6) is 0.498. The highest BCUT2D eigenvalue weighted by Crippen LogP contribution is 2.26. The van der Waals surface area contributed by atoms with Gasteiger partial charge in [-0.3, -0.25) is 4.57 Å². The molecule has 0 saturated heterocycles. The lowest BCUT2D eigenvalue weighted by Gasteiger charge is -2.20. The summed E-state index contributed by atoms with van der Waals surface area (Å²) in [5, 5.41) is 14.4. The van der Waals surface area contributed by atoms with Crippen molar-refractivity contribution in [2.75, 3.05) is 0 Å². The lowest BCUT2D eigenvalue weighted by Crippen LogP contribution is -2.29. The van der Waals surface area contributed by atoms with Gasteiger partial charge in [-0.05, 0) is 47.9 Å². The van der Waals surface area contributed by atoms with Crippen LogP contribution in [0.2, 0.25) is 0 Å². The Morgan fingerprint density at radius 1 is 0.946 bits per heavy atom. The lowest BCUT2D eigenvalue weighted by atomic mass is 9.89. The minimum atomic E-state index is -0.934. The third-order valence-corrected chi connectivity index (χ3v) is 7.67. The molecule has 1 aliphatic carbocycles. The zero-order valence-corrected chi connectivity index (χ0v) is 22.2. The van der Waals surface area contributed by atoms with Crippen molar-refractivity contribution >= 4 is 5.97 Å². The predicted octanol–water partition coefficient (Wildman–Crippen LogP) is 6.94. The molecule has 1 heterocycles. The van der Waals surface area contributed by atoms with Crippen LogP contribution in [-0.2, 0) is 19.5 Å². The smallest absolute Gasteiger partial charge is 0.346 e. The molecule has 1 aromatic heterocycles. The Balaban J connectivity index is 1.52. The third kappa shape index (κ3) is 7.21. The number of aromatic nitrogens is 3. The summed E-state index contributed by atoms with van der Waals surface area (Å²) in [5.41, 5.74) is 2.85. The van der Waals surface area contributed by atoms with Crippen LogP contribution >= 0.6 is 0 Å². The van der Waals surface area contributed by atoms with Crippen molar-refractivity contribution in [1.29, 1.82) is 0 Å². The molecule has 0 amide bonds. The summed E-state index contributed by atoms with van der Waals surface area (Å²) in [6.45, 7) is 3.44. The maximum Gasteiger partial charge on any atom is 0.346 e. The van der Waals surface area contributed by atoms with E-state index in [1.807, 2.05) is 41.0 Å². The second kappa shape index (κ2) is 13.4. The Bertz CT molecular complexity index is 1200. The minimum Gasteiger partial charge on any atom is -0.478 e. The van der Waals surface area contributed by atoms with Crippen LogP contribution in [0.25, 0.3) is 11.1 Å². The third-order valence-electron chi connectivity index (χ3n) is 7.67. The molecule has 0 unspecified atom stereocenters. The number of aromatic carboxylic acids is 1. The van der Waals surface area contributed by atoms with Crippen LogP contribution in [0.3, 0.4) is 0 Å². The van der Waals surface area contributed by atoms with Crippen molar-refractivity contribution in [2.45, 2.75) is 97.1 Å². The van der Waals surface area contributed by atoms with Crippen molar-refractivity contribution in [3.63, 3.8) is 0 Å². The normalized spacial score (nSPS) is 14.2. The number of rotatable bonds is 13. The van der Waals surface area contributed by atoms with Crippen LogP contribution < -0.4 is 5.69 Å². The molecule has 0 aliphatic heterocycles. The van der Waals surface area contributed by atoms with Gasteiger partial charge in [-0.1, -0.05) is 101 Å². The van der Waals surface area contributed by atoms with Crippen LogP contribution in [0.4, 0.5) is 0 Å². The molecule has 37 heavy (non-hydrogen) atoms. The Labute approximate surface area is 220 Å². The number of carboxylic acids is 1. The number of hydrogen-bond acceptors (Lipinski definition) is 3. The SMILES string of the molecule is CCCCCCCCc1nn(CC2CCCCC2)c(=O)n1Cc1ccc(-c2ccccc2C(=O)O)cc1. The molecular weight excluding hydrogens is 462 g/mol. The summed E-state index contributed by atoms with van der Waals surface area (Å²) >= 11 is 0. The van der Waals surface area contributed by atoms with Crippen molar-refractivity contribution in [3.05, 3.63) is 76.0 Å². The van der Waals surface area contributed by atoms with E-state index in [-0.39, 0.29) is 11.3 Å². The zero-order chi connectivity index (χ0) is 26.0. The van der Waals surface area contributed by atoms with Gasteiger partial charge >= 0.3 is 11.7 Å². The molecule has 0 spiro atoms. The minimum absolute atomic E-state index is 0.00754. The Hall–Kier alpha value is -3.15. The molecule has 3 aromatic rings. The molecule has 6 nitrogen and oxygen atoms in total. The fourth-order valence-corrected chi connectivity index (χ4v) is 5.52. The molecule has 6 heteroatoms. The van der Waals surface area contributed by atoms with Gasteiger partial charge in [0, 0.05) is 13.0 Å². The molecule has 2 aromatic carbocycles. The van der Waals surface area contributed by atoms with Gasteiger partial charge in [0.05, 0.1) is 12.1 Å². The van der Waals surface area contributed by atoms with Gasteiger partial charge in [0.15, 0.2) is 0 Å². The molecular formula is C31H41N3O3. The highest BCUT2D eigenvalue weighted by molar-refractivity contribution is 5.95. The second-order valence-electron chi connectivity index (χ2n) is 10.5. The van der Waals surface area contributed by atoms with Gasteiger partial charge in [-0.2, -0.15) is 5.10 Å². The summed E-state index contributed by atoms with van der Waals surface area (Å²) < 4.78 is 3.58. The van der Waals surface area contributed by atoms with Crippen molar-refractivity contribution in [2.24, 2.45) is 5.92 Å². The van der Waals surface area contributed by atoms with Crippen LogP contribution in [0.5, 0.6) is 0 Å². The summed E-state index contributed by atoms with van der Waals surface area (Å²) in [4.78, 5) is 25.1. The van der Waals surface area contributed by atoms with Gasteiger partial charge in [0.1, 0.15) is 5.82 Å². The van der Waals surface area contributed by atoms with Gasteiger partial charge < -0.3 is 5.11 Å². The predicted molar refractivity (Wildman–Crippen MR) is 148 cm³/mol. The fraction of sp³-hybridized carbons (Fsp3) is 0.516. The topological polar surface area (TPSA) is 77.1 Å². The first-order valence-electron chi connectivity index (χ1n) is 14.1. The van der Waals surface area contributed by atoms with Crippen molar-refractivity contribution < 1.29 is 9.90 Å². The van der Waals surface area contributed by atoms with Crippen LogP contribution in [0.15, 0.2) is 53.3 Å². The van der Waals surface area contributed by atoms with Gasteiger partial charge in [-0.15, -0.1) is 0 Å².